The molecule has 5 heteroatoms. The molecule has 3 nitrogen and oxygen atoms in total. The number of hydrogen-bond donors (Lipinski definition) is 1. The van der Waals surface area contributed by atoms with Crippen LogP contribution in [-0.2, 0) is 11.2 Å². The third-order valence-electron chi connectivity index (χ3n) is 4.06. The number of anilines is 1. The van der Waals surface area contributed by atoms with E-state index in [-0.39, 0.29) is 11.4 Å². The summed E-state index contributed by atoms with van der Waals surface area (Å²) in [6.45, 7) is 0. The lowest BCUT2D eigenvalue weighted by molar-refractivity contribution is -0.112. The van der Waals surface area contributed by atoms with Crippen LogP contribution in [0.25, 0.3) is 6.08 Å². The van der Waals surface area contributed by atoms with Crippen LogP contribution in [0.1, 0.15) is 16.7 Å². The first kappa shape index (κ1) is 19.3. The molecule has 0 aliphatic rings. The van der Waals surface area contributed by atoms with Crippen molar-refractivity contribution in [1.82, 2.24) is 0 Å². The topological polar surface area (TPSA) is 52.9 Å². The number of hydrogen-bond acceptors (Lipinski definition) is 2. The zero-order valence-electron chi connectivity index (χ0n) is 14.8. The molecule has 3 aromatic carbocycles. The van der Waals surface area contributed by atoms with Gasteiger partial charge in [0, 0.05) is 10.7 Å². The Kier molecular flexibility index (Phi) is 6.21. The summed E-state index contributed by atoms with van der Waals surface area (Å²) in [6.07, 6.45) is 2.13. The first-order valence-electron chi connectivity index (χ1n) is 8.55. The van der Waals surface area contributed by atoms with Gasteiger partial charge >= 0.3 is 0 Å². The molecule has 0 saturated heterocycles. The van der Waals surface area contributed by atoms with Crippen LogP contribution >= 0.6 is 11.6 Å². The van der Waals surface area contributed by atoms with Gasteiger partial charge in [0.2, 0.25) is 0 Å². The fraction of sp³-hybridized carbons (Fsp3) is 0.0435. The van der Waals surface area contributed by atoms with Gasteiger partial charge in [0.05, 0.1) is 0 Å². The highest BCUT2D eigenvalue weighted by Crippen LogP contribution is 2.16. The summed E-state index contributed by atoms with van der Waals surface area (Å²) >= 11 is 5.82. The average Bonchev–Trinajstić information content (AvgIpc) is 2.69. The third-order valence-corrected chi connectivity index (χ3v) is 4.31. The van der Waals surface area contributed by atoms with Gasteiger partial charge in [0.15, 0.2) is 0 Å². The van der Waals surface area contributed by atoms with Crippen molar-refractivity contribution in [1.29, 1.82) is 5.26 Å². The molecule has 1 N–H and O–H groups in total. The number of carbonyl (C=O) groups is 1. The van der Waals surface area contributed by atoms with Crippen molar-refractivity contribution in [2.45, 2.75) is 6.42 Å². The second kappa shape index (κ2) is 8.98. The van der Waals surface area contributed by atoms with Crippen molar-refractivity contribution in [3.63, 3.8) is 0 Å². The highest BCUT2D eigenvalue weighted by Gasteiger charge is 2.09. The minimum Gasteiger partial charge on any atom is -0.321 e. The molecule has 0 spiro atoms. The first-order chi connectivity index (χ1) is 13.5. The van der Waals surface area contributed by atoms with Crippen LogP contribution in [0.3, 0.4) is 0 Å². The molecule has 138 valence electrons. The number of nitrogens with one attached hydrogen (secondary N) is 1. The lowest BCUT2D eigenvalue weighted by Crippen LogP contribution is -2.13. The smallest absolute Gasteiger partial charge is 0.266 e. The molecule has 0 fully saturated rings. The second-order valence-electron chi connectivity index (χ2n) is 6.18. The molecule has 0 aromatic heterocycles. The van der Waals surface area contributed by atoms with Crippen molar-refractivity contribution in [3.05, 3.63) is 106 Å². The molecular formula is C23H16ClFN2O. The van der Waals surface area contributed by atoms with Crippen LogP contribution in [0.5, 0.6) is 0 Å². The van der Waals surface area contributed by atoms with E-state index in [2.05, 4.69) is 5.32 Å². The van der Waals surface area contributed by atoms with Gasteiger partial charge in [-0.25, -0.2) is 4.39 Å². The number of amides is 1. The molecule has 1 amide bonds. The molecule has 0 radical (unpaired) electrons. The van der Waals surface area contributed by atoms with Crippen molar-refractivity contribution in [3.8, 4) is 6.07 Å². The van der Waals surface area contributed by atoms with E-state index >= 15 is 0 Å². The van der Waals surface area contributed by atoms with Crippen molar-refractivity contribution < 1.29 is 9.18 Å². The number of nitrogens with zero attached hydrogens (tertiary/aromatic N) is 1. The van der Waals surface area contributed by atoms with E-state index in [1.54, 1.807) is 30.3 Å². The number of nitriles is 1. The fourth-order valence-corrected chi connectivity index (χ4v) is 2.79. The Bertz CT molecular complexity index is 1050. The van der Waals surface area contributed by atoms with E-state index < -0.39 is 5.91 Å². The molecule has 0 unspecified atom stereocenters. The van der Waals surface area contributed by atoms with Crippen LogP contribution in [0.15, 0.2) is 78.4 Å². The van der Waals surface area contributed by atoms with Crippen LogP contribution in [0, 0.1) is 17.1 Å². The SMILES string of the molecule is N#C/C(=C\c1ccc(Cc2cccc(F)c2)cc1)C(=O)Nc1ccc(Cl)cc1. The summed E-state index contributed by atoms with van der Waals surface area (Å²) < 4.78 is 13.3. The number of carbonyl (C=O) groups excluding carboxylic acids is 1. The Morgan fingerprint density at radius 1 is 1.04 bits per heavy atom. The fourth-order valence-electron chi connectivity index (χ4n) is 2.66. The number of halogens is 2. The maximum absolute atomic E-state index is 13.3. The number of rotatable bonds is 5. The highest BCUT2D eigenvalue weighted by atomic mass is 35.5. The summed E-state index contributed by atoms with van der Waals surface area (Å²) in [7, 11) is 0. The van der Waals surface area contributed by atoms with E-state index in [4.69, 9.17) is 11.6 Å². The summed E-state index contributed by atoms with van der Waals surface area (Å²) in [5.74, 6) is -0.754. The Balaban J connectivity index is 1.70. The minimum absolute atomic E-state index is 0.00664. The Labute approximate surface area is 167 Å². The predicted molar refractivity (Wildman–Crippen MR) is 109 cm³/mol. The molecule has 0 bridgehead atoms. The molecule has 0 aliphatic heterocycles. The maximum Gasteiger partial charge on any atom is 0.266 e. The second-order valence-corrected chi connectivity index (χ2v) is 6.62. The number of benzene rings is 3. The van der Waals surface area contributed by atoms with Gasteiger partial charge in [-0.3, -0.25) is 4.79 Å². The molecule has 0 saturated carbocycles. The lowest BCUT2D eigenvalue weighted by Gasteiger charge is -2.05. The van der Waals surface area contributed by atoms with Crippen LogP contribution < -0.4 is 5.32 Å². The molecule has 3 rings (SSSR count). The van der Waals surface area contributed by atoms with Gasteiger partial charge in [0.1, 0.15) is 17.5 Å². The molecule has 0 atom stereocenters. The quantitative estimate of drug-likeness (QED) is 0.454. The van der Waals surface area contributed by atoms with Crippen molar-refractivity contribution in [2.75, 3.05) is 5.32 Å². The van der Waals surface area contributed by atoms with E-state index in [0.29, 0.717) is 17.1 Å². The Morgan fingerprint density at radius 2 is 1.75 bits per heavy atom. The largest absolute Gasteiger partial charge is 0.321 e. The lowest BCUT2D eigenvalue weighted by atomic mass is 10.0. The maximum atomic E-state index is 13.3. The normalized spacial score (nSPS) is 11.0. The Morgan fingerprint density at radius 3 is 2.39 bits per heavy atom. The summed E-state index contributed by atoms with van der Waals surface area (Å²) in [5, 5.41) is 12.5. The molecule has 28 heavy (non-hydrogen) atoms. The van der Waals surface area contributed by atoms with Gasteiger partial charge in [-0.2, -0.15) is 5.26 Å². The van der Waals surface area contributed by atoms with Crippen LogP contribution in [0.4, 0.5) is 10.1 Å². The zero-order valence-corrected chi connectivity index (χ0v) is 15.6. The highest BCUT2D eigenvalue weighted by molar-refractivity contribution is 6.30. The summed E-state index contributed by atoms with van der Waals surface area (Å²) in [6, 6.07) is 22.5. The predicted octanol–water partition coefficient (Wildman–Crippen LogP) is 5.62. The van der Waals surface area contributed by atoms with Gasteiger partial charge in [-0.1, -0.05) is 48.0 Å². The van der Waals surface area contributed by atoms with E-state index in [1.165, 1.54) is 18.2 Å². The third kappa shape index (κ3) is 5.29. The monoisotopic (exact) mass is 390 g/mol. The van der Waals surface area contributed by atoms with Gasteiger partial charge in [-0.15, -0.1) is 0 Å². The van der Waals surface area contributed by atoms with Crippen LogP contribution in [0.2, 0.25) is 5.02 Å². The van der Waals surface area contributed by atoms with E-state index in [9.17, 15) is 14.4 Å². The minimum atomic E-state index is -0.492. The van der Waals surface area contributed by atoms with Crippen LogP contribution in [-0.4, -0.2) is 5.91 Å². The Hall–Kier alpha value is -3.42. The van der Waals surface area contributed by atoms with E-state index in [0.717, 1.165) is 16.7 Å². The first-order valence-corrected chi connectivity index (χ1v) is 8.93. The van der Waals surface area contributed by atoms with Gasteiger partial charge in [0.25, 0.3) is 5.91 Å². The molecular weight excluding hydrogens is 375 g/mol. The summed E-state index contributed by atoms with van der Waals surface area (Å²) in [4.78, 5) is 12.3. The van der Waals surface area contributed by atoms with Gasteiger partial charge < -0.3 is 5.32 Å². The average molecular weight is 391 g/mol. The van der Waals surface area contributed by atoms with E-state index in [1.807, 2.05) is 36.4 Å². The molecule has 0 heterocycles. The standard InChI is InChI=1S/C23H16ClFN2O/c24-20-8-10-22(11-9-20)27-23(28)19(15-26)13-17-6-4-16(5-7-17)12-18-2-1-3-21(25)14-18/h1-11,13-14H,12H2,(H,27,28)/b19-13+. The zero-order chi connectivity index (χ0) is 19.9. The molecule has 0 aliphatic carbocycles. The van der Waals surface area contributed by atoms with Crippen molar-refractivity contribution >= 4 is 29.3 Å². The summed E-state index contributed by atoms with van der Waals surface area (Å²) in [5.41, 5.74) is 3.16. The van der Waals surface area contributed by atoms with Gasteiger partial charge in [-0.05, 0) is 65.6 Å². The molecule has 3 aromatic rings. The van der Waals surface area contributed by atoms with Crippen molar-refractivity contribution in [2.24, 2.45) is 0 Å².